The number of nitrogens with zero attached hydrogens (tertiary/aromatic N) is 2. The average Bonchev–Trinajstić information content (AvgIpc) is 2.47. The van der Waals surface area contributed by atoms with E-state index in [1.165, 1.54) is 0 Å². The largest absolute Gasteiger partial charge is 0.388 e. The third-order valence-corrected chi connectivity index (χ3v) is 2.91. The summed E-state index contributed by atoms with van der Waals surface area (Å²) < 4.78 is 0. The average molecular weight is 255 g/mol. The summed E-state index contributed by atoms with van der Waals surface area (Å²) in [6, 6.07) is 11.3. The zero-order chi connectivity index (χ0) is 13.7. The van der Waals surface area contributed by atoms with Gasteiger partial charge in [0.1, 0.15) is 0 Å². The number of pyridine rings is 1. The molecule has 0 aliphatic rings. The van der Waals surface area contributed by atoms with Crippen LogP contribution in [0.2, 0.25) is 0 Å². The number of hydrogen-bond acceptors (Lipinski definition) is 3. The second-order valence-electron chi connectivity index (χ2n) is 4.35. The van der Waals surface area contributed by atoms with E-state index in [0.29, 0.717) is 12.1 Å². The van der Waals surface area contributed by atoms with Crippen LogP contribution in [0.1, 0.15) is 15.9 Å². The summed E-state index contributed by atoms with van der Waals surface area (Å²) >= 11 is 0. The van der Waals surface area contributed by atoms with Crippen LogP contribution in [-0.4, -0.2) is 29.9 Å². The van der Waals surface area contributed by atoms with Crippen LogP contribution in [0.3, 0.4) is 0 Å². The van der Waals surface area contributed by atoms with Crippen LogP contribution in [0.5, 0.6) is 0 Å². The van der Waals surface area contributed by atoms with Crippen molar-refractivity contribution in [2.75, 3.05) is 19.4 Å². The third kappa shape index (κ3) is 3.31. The van der Waals surface area contributed by atoms with E-state index in [1.54, 1.807) is 24.3 Å². The molecule has 4 heteroatoms. The normalized spacial score (nSPS) is 10.0. The smallest absolute Gasteiger partial charge is 0.253 e. The van der Waals surface area contributed by atoms with Crippen LogP contribution in [-0.2, 0) is 6.54 Å². The molecule has 0 aliphatic carbocycles. The van der Waals surface area contributed by atoms with Crippen molar-refractivity contribution in [3.05, 3.63) is 59.9 Å². The lowest BCUT2D eigenvalue weighted by Crippen LogP contribution is -2.26. The molecule has 2 aromatic rings. The maximum absolute atomic E-state index is 12.2. The minimum atomic E-state index is 0.00602. The molecule has 4 nitrogen and oxygen atoms in total. The minimum absolute atomic E-state index is 0.00602. The van der Waals surface area contributed by atoms with E-state index in [-0.39, 0.29) is 5.91 Å². The van der Waals surface area contributed by atoms with E-state index < -0.39 is 0 Å². The molecule has 0 spiro atoms. The van der Waals surface area contributed by atoms with Crippen LogP contribution in [0.15, 0.2) is 48.8 Å². The number of anilines is 1. The number of amides is 1. The Labute approximate surface area is 113 Å². The minimum Gasteiger partial charge on any atom is -0.388 e. The van der Waals surface area contributed by atoms with Crippen molar-refractivity contribution in [1.82, 2.24) is 9.88 Å². The summed E-state index contributed by atoms with van der Waals surface area (Å²) in [4.78, 5) is 18.0. The fourth-order valence-electron chi connectivity index (χ4n) is 1.84. The van der Waals surface area contributed by atoms with Gasteiger partial charge in [-0.25, -0.2) is 0 Å². The summed E-state index contributed by atoms with van der Waals surface area (Å²) in [5.74, 6) is 0.00602. The summed E-state index contributed by atoms with van der Waals surface area (Å²) in [5.41, 5.74) is 2.70. The van der Waals surface area contributed by atoms with Gasteiger partial charge in [0.25, 0.3) is 5.91 Å². The van der Waals surface area contributed by atoms with E-state index >= 15 is 0 Å². The molecule has 0 bridgehead atoms. The molecule has 1 aromatic heterocycles. The molecule has 0 atom stereocenters. The van der Waals surface area contributed by atoms with Crippen LogP contribution in [0.25, 0.3) is 0 Å². The van der Waals surface area contributed by atoms with Gasteiger partial charge >= 0.3 is 0 Å². The number of aromatic nitrogens is 1. The number of rotatable bonds is 4. The van der Waals surface area contributed by atoms with Gasteiger partial charge in [-0.15, -0.1) is 0 Å². The number of nitrogens with one attached hydrogen (secondary N) is 1. The second-order valence-corrected chi connectivity index (χ2v) is 4.35. The predicted octanol–water partition coefficient (Wildman–Crippen LogP) is 2.40. The van der Waals surface area contributed by atoms with E-state index in [1.807, 2.05) is 43.4 Å². The maximum Gasteiger partial charge on any atom is 0.253 e. The summed E-state index contributed by atoms with van der Waals surface area (Å²) in [6.07, 6.45) is 3.50. The van der Waals surface area contributed by atoms with Gasteiger partial charge in [0.05, 0.1) is 0 Å². The first kappa shape index (κ1) is 13.1. The highest BCUT2D eigenvalue weighted by molar-refractivity contribution is 5.94. The molecule has 0 fully saturated rings. The lowest BCUT2D eigenvalue weighted by atomic mass is 10.1. The van der Waals surface area contributed by atoms with Crippen molar-refractivity contribution in [1.29, 1.82) is 0 Å². The molecule has 19 heavy (non-hydrogen) atoms. The Morgan fingerprint density at radius 3 is 2.58 bits per heavy atom. The fourth-order valence-corrected chi connectivity index (χ4v) is 1.84. The number of carbonyl (C=O) groups excluding carboxylic acids is 1. The van der Waals surface area contributed by atoms with Crippen molar-refractivity contribution >= 4 is 11.6 Å². The Balaban J connectivity index is 2.06. The summed E-state index contributed by atoms with van der Waals surface area (Å²) in [5, 5.41) is 3.03. The van der Waals surface area contributed by atoms with Gasteiger partial charge in [-0.05, 0) is 35.9 Å². The van der Waals surface area contributed by atoms with Crippen molar-refractivity contribution in [2.45, 2.75) is 6.54 Å². The Bertz CT molecular complexity index is 537. The molecule has 1 amide bonds. The van der Waals surface area contributed by atoms with Gasteiger partial charge in [0.2, 0.25) is 0 Å². The highest BCUT2D eigenvalue weighted by Gasteiger charge is 2.11. The van der Waals surface area contributed by atoms with E-state index in [9.17, 15) is 4.79 Å². The molecule has 1 heterocycles. The molecule has 0 saturated heterocycles. The van der Waals surface area contributed by atoms with Crippen molar-refractivity contribution in [2.24, 2.45) is 0 Å². The lowest BCUT2D eigenvalue weighted by Gasteiger charge is -2.17. The molecule has 0 saturated carbocycles. The molecule has 1 N–H and O–H groups in total. The SMILES string of the molecule is CNc1ccc(C(=O)N(C)Cc2cccnc2)cc1. The number of benzene rings is 1. The molecular formula is C15H17N3O. The molecule has 1 aromatic carbocycles. The first-order chi connectivity index (χ1) is 9.20. The fraction of sp³-hybridized carbons (Fsp3) is 0.200. The van der Waals surface area contributed by atoms with Crippen LogP contribution >= 0.6 is 0 Å². The van der Waals surface area contributed by atoms with Gasteiger partial charge in [-0.2, -0.15) is 0 Å². The standard InChI is InChI=1S/C15H17N3O/c1-16-14-7-5-13(6-8-14)15(19)18(2)11-12-4-3-9-17-10-12/h3-10,16H,11H2,1-2H3. The Kier molecular flexibility index (Phi) is 4.13. The van der Waals surface area contributed by atoms with Crippen LogP contribution in [0, 0.1) is 0 Å². The van der Waals surface area contributed by atoms with Crippen molar-refractivity contribution in [3.8, 4) is 0 Å². The van der Waals surface area contributed by atoms with Gasteiger partial charge in [0, 0.05) is 44.3 Å². The molecular weight excluding hydrogens is 238 g/mol. The summed E-state index contributed by atoms with van der Waals surface area (Å²) in [6.45, 7) is 0.556. The molecule has 0 aliphatic heterocycles. The quantitative estimate of drug-likeness (QED) is 0.912. The highest BCUT2D eigenvalue weighted by Crippen LogP contribution is 2.11. The number of carbonyl (C=O) groups is 1. The van der Waals surface area contributed by atoms with E-state index in [4.69, 9.17) is 0 Å². The predicted molar refractivity (Wildman–Crippen MR) is 76.0 cm³/mol. The van der Waals surface area contributed by atoms with Gasteiger partial charge in [0.15, 0.2) is 0 Å². The molecule has 2 rings (SSSR count). The van der Waals surface area contributed by atoms with Gasteiger partial charge in [-0.3, -0.25) is 9.78 Å². The van der Waals surface area contributed by atoms with Gasteiger partial charge < -0.3 is 10.2 Å². The monoisotopic (exact) mass is 255 g/mol. The Morgan fingerprint density at radius 1 is 1.26 bits per heavy atom. The zero-order valence-corrected chi connectivity index (χ0v) is 11.1. The topological polar surface area (TPSA) is 45.2 Å². The first-order valence-corrected chi connectivity index (χ1v) is 6.13. The highest BCUT2D eigenvalue weighted by atomic mass is 16.2. The second kappa shape index (κ2) is 6.00. The first-order valence-electron chi connectivity index (χ1n) is 6.13. The molecule has 98 valence electrons. The molecule has 0 radical (unpaired) electrons. The molecule has 0 unspecified atom stereocenters. The van der Waals surface area contributed by atoms with Gasteiger partial charge in [-0.1, -0.05) is 6.07 Å². The van der Waals surface area contributed by atoms with Crippen molar-refractivity contribution in [3.63, 3.8) is 0 Å². The lowest BCUT2D eigenvalue weighted by molar-refractivity contribution is 0.0785. The Morgan fingerprint density at radius 2 is 2.00 bits per heavy atom. The third-order valence-electron chi connectivity index (χ3n) is 2.91. The van der Waals surface area contributed by atoms with E-state index in [0.717, 1.165) is 11.3 Å². The maximum atomic E-state index is 12.2. The van der Waals surface area contributed by atoms with Crippen LogP contribution in [0.4, 0.5) is 5.69 Å². The summed E-state index contributed by atoms with van der Waals surface area (Å²) in [7, 11) is 3.65. The Hall–Kier alpha value is -2.36. The number of hydrogen-bond donors (Lipinski definition) is 1. The van der Waals surface area contributed by atoms with Crippen molar-refractivity contribution < 1.29 is 4.79 Å². The van der Waals surface area contributed by atoms with E-state index in [2.05, 4.69) is 10.3 Å². The van der Waals surface area contributed by atoms with Crippen LogP contribution < -0.4 is 5.32 Å². The zero-order valence-electron chi connectivity index (χ0n) is 11.1.